The number of fused-ring (bicyclic) bond motifs is 6. The van der Waals surface area contributed by atoms with E-state index in [0.29, 0.717) is 17.0 Å². The lowest BCUT2D eigenvalue weighted by Crippen LogP contribution is -1.82. The SMILES string of the molecule is c1ccoc2ccccc2c2ccnc(c2)[nH]c2cccc(n2)oc1. The first-order chi connectivity index (χ1) is 12.4. The van der Waals surface area contributed by atoms with Crippen LogP contribution in [0.1, 0.15) is 0 Å². The summed E-state index contributed by atoms with van der Waals surface area (Å²) in [7, 11) is 0. The number of rotatable bonds is 0. The Balaban J connectivity index is 2.15. The second kappa shape index (κ2) is 6.88. The molecule has 1 aromatic carbocycles. The number of pyridine rings is 2. The van der Waals surface area contributed by atoms with E-state index in [9.17, 15) is 0 Å². The van der Waals surface area contributed by atoms with Crippen LogP contribution < -0.4 is 0 Å². The van der Waals surface area contributed by atoms with Crippen LogP contribution in [0.2, 0.25) is 0 Å². The number of aromatic nitrogens is 3. The van der Waals surface area contributed by atoms with Crippen LogP contribution in [0.3, 0.4) is 0 Å². The summed E-state index contributed by atoms with van der Waals surface area (Å²) in [5.41, 5.74) is 2.60. The molecule has 0 amide bonds. The largest absolute Gasteiger partial charge is 0.464 e. The van der Waals surface area contributed by atoms with Crippen LogP contribution in [0.25, 0.3) is 33.4 Å². The highest BCUT2D eigenvalue weighted by atomic mass is 16.3. The van der Waals surface area contributed by atoms with Crippen molar-refractivity contribution >= 4 is 33.4 Å². The number of para-hydroxylation sites is 1. The molecule has 1 N–H and O–H groups in total. The minimum atomic E-state index is 0.491. The van der Waals surface area contributed by atoms with Gasteiger partial charge in [0.05, 0.1) is 12.5 Å². The van der Waals surface area contributed by atoms with Gasteiger partial charge in [-0.3, -0.25) is 0 Å². The lowest BCUT2D eigenvalue weighted by Gasteiger charge is -1.96. The summed E-state index contributed by atoms with van der Waals surface area (Å²) in [5.74, 6) is 0. The van der Waals surface area contributed by atoms with Crippen LogP contribution in [-0.2, 0) is 0 Å². The molecule has 0 saturated carbocycles. The average Bonchev–Trinajstić information content (AvgIpc) is 2.65. The van der Waals surface area contributed by atoms with Crippen molar-refractivity contribution in [3.63, 3.8) is 0 Å². The van der Waals surface area contributed by atoms with Crippen LogP contribution in [-0.4, -0.2) is 15.0 Å². The lowest BCUT2D eigenvalue weighted by molar-refractivity contribution is 0.588. The van der Waals surface area contributed by atoms with Gasteiger partial charge in [0.15, 0.2) is 0 Å². The molecule has 4 bridgehead atoms. The molecule has 0 aliphatic rings. The maximum atomic E-state index is 5.76. The number of nitrogens with one attached hydrogen (secondary N) is 1. The van der Waals surface area contributed by atoms with Gasteiger partial charge >= 0.3 is 0 Å². The fourth-order valence-corrected chi connectivity index (χ4v) is 2.47. The second-order valence-electron chi connectivity index (χ2n) is 5.30. The summed E-state index contributed by atoms with van der Waals surface area (Å²) < 4.78 is 11.3. The fraction of sp³-hybridized carbons (Fsp3) is 0. The highest BCUT2D eigenvalue weighted by Crippen LogP contribution is 2.17. The highest BCUT2D eigenvalue weighted by molar-refractivity contribution is 5.94. The molecule has 5 nitrogen and oxygen atoms in total. The molecule has 0 spiro atoms. The summed E-state index contributed by atoms with van der Waals surface area (Å²) in [6.07, 6.45) is 4.92. The smallest absolute Gasteiger partial charge is 0.220 e. The molecule has 4 rings (SSSR count). The molecule has 0 radical (unpaired) electrons. The van der Waals surface area contributed by atoms with Crippen molar-refractivity contribution in [1.29, 1.82) is 0 Å². The number of nitrogens with zero attached hydrogens (tertiary/aromatic N) is 2. The molecule has 0 unspecified atom stereocenters. The third-order valence-electron chi connectivity index (χ3n) is 3.59. The van der Waals surface area contributed by atoms with Gasteiger partial charge in [0.1, 0.15) is 16.9 Å². The van der Waals surface area contributed by atoms with Gasteiger partial charge in [-0.1, -0.05) is 24.3 Å². The summed E-state index contributed by atoms with van der Waals surface area (Å²) in [6.45, 7) is 0. The lowest BCUT2D eigenvalue weighted by atomic mass is 10.2. The van der Waals surface area contributed by atoms with Crippen molar-refractivity contribution < 1.29 is 8.83 Å². The Bertz CT molecular complexity index is 1170. The fourth-order valence-electron chi connectivity index (χ4n) is 2.47. The van der Waals surface area contributed by atoms with E-state index >= 15 is 0 Å². The van der Waals surface area contributed by atoms with Gasteiger partial charge in [-0.2, -0.15) is 4.98 Å². The van der Waals surface area contributed by atoms with Crippen molar-refractivity contribution in [2.75, 3.05) is 0 Å². The van der Waals surface area contributed by atoms with E-state index in [4.69, 9.17) is 8.83 Å². The molecular weight excluding hydrogens is 314 g/mol. The van der Waals surface area contributed by atoms with Gasteiger partial charge in [0, 0.05) is 17.6 Å². The third kappa shape index (κ3) is 3.50. The van der Waals surface area contributed by atoms with Crippen LogP contribution in [0.4, 0.5) is 0 Å². The number of aromatic amines is 1. The summed E-state index contributed by atoms with van der Waals surface area (Å²) in [4.78, 5) is 12.0. The van der Waals surface area contributed by atoms with Crippen molar-refractivity contribution in [3.8, 4) is 0 Å². The summed E-state index contributed by atoms with van der Waals surface area (Å²) in [6, 6.07) is 20.8. The molecule has 3 heterocycles. The maximum Gasteiger partial charge on any atom is 0.220 e. The van der Waals surface area contributed by atoms with E-state index in [1.165, 1.54) is 0 Å². The topological polar surface area (TPSA) is 67.8 Å². The van der Waals surface area contributed by atoms with Gasteiger partial charge in [-0.15, -0.1) is 0 Å². The minimum absolute atomic E-state index is 0.491. The van der Waals surface area contributed by atoms with E-state index in [1.807, 2.05) is 48.5 Å². The van der Waals surface area contributed by atoms with Gasteiger partial charge in [0.2, 0.25) is 5.71 Å². The van der Waals surface area contributed by atoms with E-state index < -0.39 is 0 Å². The molecule has 4 aromatic rings. The molecule has 0 aliphatic heterocycles. The second-order valence-corrected chi connectivity index (χ2v) is 5.30. The Kier molecular flexibility index (Phi) is 4.12. The quantitative estimate of drug-likeness (QED) is 0.478. The Hall–Kier alpha value is -3.60. The first-order valence-electron chi connectivity index (χ1n) is 7.83. The number of benzene rings is 1. The van der Waals surface area contributed by atoms with Crippen molar-refractivity contribution in [3.05, 3.63) is 85.5 Å². The molecule has 3 aromatic heterocycles. The Labute approximate surface area is 143 Å². The van der Waals surface area contributed by atoms with Crippen molar-refractivity contribution in [2.45, 2.75) is 0 Å². The molecule has 0 atom stereocenters. The summed E-state index contributed by atoms with van der Waals surface area (Å²) >= 11 is 0. The normalized spacial score (nSPS) is 10.4. The van der Waals surface area contributed by atoms with Crippen LogP contribution in [0, 0.1) is 0 Å². The molecule has 122 valence electrons. The predicted octanol–water partition coefficient (Wildman–Crippen LogP) is 5.26. The maximum absolute atomic E-state index is 5.76. The number of H-pyrrole nitrogens is 1. The predicted molar refractivity (Wildman–Crippen MR) is 97.5 cm³/mol. The van der Waals surface area contributed by atoms with Gasteiger partial charge in [0.25, 0.3) is 0 Å². The van der Waals surface area contributed by atoms with Crippen LogP contribution in [0.15, 0.2) is 94.3 Å². The van der Waals surface area contributed by atoms with E-state index in [1.54, 1.807) is 36.9 Å². The van der Waals surface area contributed by atoms with Crippen molar-refractivity contribution in [2.24, 2.45) is 0 Å². The zero-order valence-electron chi connectivity index (χ0n) is 13.3. The standard InChI is InChI=1S/C20H15N3O2/c1-2-7-17-16(6-1)15-10-11-21-19(14-15)22-18-8-5-9-20(23-18)25-13-4-3-12-24-17/h1-14H,(H,21,22,23). The van der Waals surface area contributed by atoms with Gasteiger partial charge < -0.3 is 13.8 Å². The van der Waals surface area contributed by atoms with E-state index in [-0.39, 0.29) is 0 Å². The molecule has 0 fully saturated rings. The zero-order chi connectivity index (χ0) is 16.9. The zero-order valence-corrected chi connectivity index (χ0v) is 13.3. The average molecular weight is 329 g/mol. The van der Waals surface area contributed by atoms with Crippen molar-refractivity contribution in [1.82, 2.24) is 15.0 Å². The molecular formula is C20H15N3O2. The highest BCUT2D eigenvalue weighted by Gasteiger charge is 1.95. The number of hydrogen-bond acceptors (Lipinski definition) is 4. The van der Waals surface area contributed by atoms with Gasteiger partial charge in [-0.25, -0.2) is 4.98 Å². The third-order valence-corrected chi connectivity index (χ3v) is 3.59. The Morgan fingerprint density at radius 3 is 2.60 bits per heavy atom. The van der Waals surface area contributed by atoms with E-state index in [2.05, 4.69) is 15.0 Å². The Morgan fingerprint density at radius 2 is 1.64 bits per heavy atom. The molecule has 5 heteroatoms. The van der Waals surface area contributed by atoms with Crippen LogP contribution >= 0.6 is 0 Å². The monoisotopic (exact) mass is 329 g/mol. The molecule has 25 heavy (non-hydrogen) atoms. The Morgan fingerprint density at radius 1 is 0.760 bits per heavy atom. The van der Waals surface area contributed by atoms with Crippen LogP contribution in [0.5, 0.6) is 0 Å². The minimum Gasteiger partial charge on any atom is -0.464 e. The number of hydrogen-bond donors (Lipinski definition) is 1. The van der Waals surface area contributed by atoms with Gasteiger partial charge in [-0.05, 0) is 41.8 Å². The first-order valence-corrected chi connectivity index (χ1v) is 7.83. The molecule has 0 saturated heterocycles. The first kappa shape index (κ1) is 15.0. The molecule has 0 aliphatic carbocycles. The summed E-state index contributed by atoms with van der Waals surface area (Å²) in [5, 5.41) is 1.98. The van der Waals surface area contributed by atoms with E-state index in [0.717, 1.165) is 16.4 Å².